The van der Waals surface area contributed by atoms with Gasteiger partial charge >= 0.3 is 5.97 Å². The summed E-state index contributed by atoms with van der Waals surface area (Å²) in [7, 11) is 0. The lowest BCUT2D eigenvalue weighted by molar-refractivity contribution is -0.154. The van der Waals surface area contributed by atoms with Crippen LogP contribution in [0.2, 0.25) is 0 Å². The number of carbonyl (C=O) groups is 2. The Kier molecular flexibility index (Phi) is 8.20. The SMILES string of the molecule is CC(C)=CCCC1(C)C=CC(OC(=O)C=C(C)C)C(C)(O)C2OC2C(=O)C(CO)=CC1. The molecule has 0 radical (unpaired) electrons. The average Bonchev–Trinajstić information content (AvgIpc) is 3.45. The van der Waals surface area contributed by atoms with Crippen molar-refractivity contribution in [3.05, 3.63) is 47.1 Å². The summed E-state index contributed by atoms with van der Waals surface area (Å²) < 4.78 is 11.1. The van der Waals surface area contributed by atoms with Gasteiger partial charge in [0.15, 0.2) is 11.9 Å². The molecule has 0 spiro atoms. The van der Waals surface area contributed by atoms with Crippen molar-refractivity contribution in [2.45, 2.75) is 84.7 Å². The fourth-order valence-electron chi connectivity index (χ4n) is 3.71. The molecular formula is C25H36O6. The molecule has 1 saturated heterocycles. The quantitative estimate of drug-likeness (QED) is 0.288. The van der Waals surface area contributed by atoms with Crippen LogP contribution in [0.5, 0.6) is 0 Å². The molecule has 6 nitrogen and oxygen atoms in total. The van der Waals surface area contributed by atoms with Crippen LogP contribution in [-0.2, 0) is 19.1 Å². The minimum Gasteiger partial charge on any atom is -0.452 e. The second-order valence-corrected chi connectivity index (χ2v) is 9.57. The molecule has 2 rings (SSSR count). The number of allylic oxidation sites excluding steroid dienone is 5. The van der Waals surface area contributed by atoms with Crippen LogP contribution in [0.4, 0.5) is 0 Å². The van der Waals surface area contributed by atoms with Gasteiger partial charge in [0.2, 0.25) is 0 Å². The van der Waals surface area contributed by atoms with Gasteiger partial charge in [-0.1, -0.05) is 36.3 Å². The number of hydrogen-bond donors (Lipinski definition) is 2. The predicted molar refractivity (Wildman–Crippen MR) is 119 cm³/mol. The predicted octanol–water partition coefficient (Wildman–Crippen LogP) is 3.58. The maximum absolute atomic E-state index is 12.8. The Morgan fingerprint density at radius 2 is 1.94 bits per heavy atom. The van der Waals surface area contributed by atoms with E-state index in [2.05, 4.69) is 13.0 Å². The van der Waals surface area contributed by atoms with Gasteiger partial charge < -0.3 is 19.7 Å². The molecule has 0 aromatic carbocycles. The normalized spacial score (nSPS) is 32.8. The van der Waals surface area contributed by atoms with Crippen LogP contribution < -0.4 is 0 Å². The third-order valence-electron chi connectivity index (χ3n) is 5.79. The highest BCUT2D eigenvalue weighted by Gasteiger charge is 2.59. The summed E-state index contributed by atoms with van der Waals surface area (Å²) in [5, 5.41) is 21.0. The molecule has 5 atom stereocenters. The number of hydrogen-bond acceptors (Lipinski definition) is 6. The van der Waals surface area contributed by atoms with Gasteiger partial charge in [0.25, 0.3) is 0 Å². The second-order valence-electron chi connectivity index (χ2n) is 9.57. The maximum atomic E-state index is 12.8. The maximum Gasteiger partial charge on any atom is 0.331 e. The first kappa shape index (κ1) is 25.2. The van der Waals surface area contributed by atoms with Crippen molar-refractivity contribution in [3.63, 3.8) is 0 Å². The molecule has 2 aliphatic rings. The third-order valence-corrected chi connectivity index (χ3v) is 5.79. The molecule has 0 aromatic rings. The zero-order valence-corrected chi connectivity index (χ0v) is 19.5. The van der Waals surface area contributed by atoms with E-state index in [-0.39, 0.29) is 23.4 Å². The third kappa shape index (κ3) is 6.73. The Bertz CT molecular complexity index is 808. The Morgan fingerprint density at radius 1 is 1.26 bits per heavy atom. The number of epoxide rings is 1. The highest BCUT2D eigenvalue weighted by molar-refractivity contribution is 6.01. The standard InChI is InChI=1S/C25H36O6/c1-16(2)8-7-11-24(5)12-9-18(15-26)21(28)22-23(31-22)25(6,29)19(10-13-24)30-20(27)14-17(3)4/h8-10,13-14,19,22-23,26,29H,7,11-12,15H2,1-6H3. The Morgan fingerprint density at radius 3 is 2.52 bits per heavy atom. The first-order valence-electron chi connectivity index (χ1n) is 10.8. The summed E-state index contributed by atoms with van der Waals surface area (Å²) >= 11 is 0. The molecule has 0 bridgehead atoms. The average molecular weight is 433 g/mol. The van der Waals surface area contributed by atoms with Crippen LogP contribution in [0.25, 0.3) is 0 Å². The summed E-state index contributed by atoms with van der Waals surface area (Å²) in [5.74, 6) is -0.899. The summed E-state index contributed by atoms with van der Waals surface area (Å²) in [6.45, 7) is 10.8. The zero-order valence-electron chi connectivity index (χ0n) is 19.5. The van der Waals surface area contributed by atoms with Crippen molar-refractivity contribution in [1.82, 2.24) is 0 Å². The largest absolute Gasteiger partial charge is 0.452 e. The molecule has 31 heavy (non-hydrogen) atoms. The van der Waals surface area contributed by atoms with E-state index >= 15 is 0 Å². The topological polar surface area (TPSA) is 96.4 Å². The van der Waals surface area contributed by atoms with Crippen molar-refractivity contribution in [2.75, 3.05) is 6.61 Å². The molecule has 172 valence electrons. The summed E-state index contributed by atoms with van der Waals surface area (Å²) in [6.07, 6.45) is 8.42. The summed E-state index contributed by atoms with van der Waals surface area (Å²) in [6, 6.07) is 0. The Balaban J connectivity index is 2.43. The van der Waals surface area contributed by atoms with Crippen LogP contribution in [0.15, 0.2) is 47.1 Å². The van der Waals surface area contributed by atoms with Crippen molar-refractivity contribution < 1.29 is 29.3 Å². The first-order valence-corrected chi connectivity index (χ1v) is 10.8. The van der Waals surface area contributed by atoms with E-state index in [1.807, 2.05) is 19.9 Å². The minimum atomic E-state index is -1.60. The number of ketones is 1. The van der Waals surface area contributed by atoms with E-state index in [0.29, 0.717) is 6.42 Å². The molecule has 2 N–H and O–H groups in total. The van der Waals surface area contributed by atoms with E-state index < -0.39 is 29.9 Å². The second kappa shape index (κ2) is 10.1. The van der Waals surface area contributed by atoms with Gasteiger partial charge in [-0.15, -0.1) is 0 Å². The summed E-state index contributed by atoms with van der Waals surface area (Å²) in [4.78, 5) is 25.1. The zero-order chi connectivity index (χ0) is 23.4. The van der Waals surface area contributed by atoms with Crippen molar-refractivity contribution >= 4 is 11.8 Å². The Labute approximate surface area is 185 Å². The number of aliphatic hydroxyl groups excluding tert-OH is 1. The lowest BCUT2D eigenvalue weighted by Crippen LogP contribution is -2.47. The van der Waals surface area contributed by atoms with E-state index in [4.69, 9.17) is 9.47 Å². The first-order chi connectivity index (χ1) is 14.4. The molecule has 0 amide bonds. The van der Waals surface area contributed by atoms with Crippen LogP contribution in [0.3, 0.4) is 0 Å². The lowest BCUT2D eigenvalue weighted by atomic mass is 9.80. The van der Waals surface area contributed by atoms with Gasteiger partial charge in [0, 0.05) is 11.6 Å². The van der Waals surface area contributed by atoms with E-state index in [9.17, 15) is 19.8 Å². The highest BCUT2D eigenvalue weighted by Crippen LogP contribution is 2.40. The van der Waals surface area contributed by atoms with Crippen LogP contribution in [0, 0.1) is 5.41 Å². The highest BCUT2D eigenvalue weighted by atomic mass is 16.6. The van der Waals surface area contributed by atoms with E-state index in [1.54, 1.807) is 26.0 Å². The lowest BCUT2D eigenvalue weighted by Gasteiger charge is -2.31. The number of Topliss-reactive ketones (excluding diaryl/α,β-unsaturated/α-hetero) is 1. The van der Waals surface area contributed by atoms with E-state index in [0.717, 1.165) is 18.4 Å². The monoisotopic (exact) mass is 432 g/mol. The van der Waals surface area contributed by atoms with Gasteiger partial charge in [0.05, 0.1) is 6.61 Å². The number of esters is 1. The van der Waals surface area contributed by atoms with Crippen LogP contribution in [0.1, 0.15) is 60.8 Å². The van der Waals surface area contributed by atoms with Crippen molar-refractivity contribution in [2.24, 2.45) is 5.41 Å². The van der Waals surface area contributed by atoms with Crippen LogP contribution in [-0.4, -0.2) is 52.5 Å². The molecular weight excluding hydrogens is 396 g/mol. The minimum absolute atomic E-state index is 0.283. The molecule has 5 unspecified atom stereocenters. The number of ether oxygens (including phenoxy) is 2. The van der Waals surface area contributed by atoms with Gasteiger partial charge in [-0.3, -0.25) is 4.79 Å². The van der Waals surface area contributed by atoms with Gasteiger partial charge in [-0.2, -0.15) is 0 Å². The van der Waals surface area contributed by atoms with Crippen LogP contribution >= 0.6 is 0 Å². The molecule has 6 heteroatoms. The fourth-order valence-corrected chi connectivity index (χ4v) is 3.71. The number of rotatable bonds is 6. The molecule has 0 aromatic heterocycles. The van der Waals surface area contributed by atoms with Gasteiger partial charge in [0.1, 0.15) is 17.8 Å². The van der Waals surface area contributed by atoms with Crippen molar-refractivity contribution in [1.29, 1.82) is 0 Å². The smallest absolute Gasteiger partial charge is 0.331 e. The molecule has 1 aliphatic carbocycles. The molecule has 1 aliphatic heterocycles. The van der Waals surface area contributed by atoms with E-state index in [1.165, 1.54) is 18.6 Å². The van der Waals surface area contributed by atoms with Gasteiger partial charge in [-0.25, -0.2) is 4.79 Å². The van der Waals surface area contributed by atoms with Crippen molar-refractivity contribution in [3.8, 4) is 0 Å². The summed E-state index contributed by atoms with van der Waals surface area (Å²) in [5.41, 5.74) is 0.321. The molecule has 1 heterocycles. The van der Waals surface area contributed by atoms with Gasteiger partial charge in [-0.05, 0) is 65.4 Å². The Hall–Kier alpha value is -2.02. The fraction of sp³-hybridized carbons (Fsp3) is 0.600. The molecule has 1 fully saturated rings. The number of carbonyl (C=O) groups excluding carboxylic acids is 2. The number of fused-ring (bicyclic) bond motifs is 1. The molecule has 0 saturated carbocycles. The number of aliphatic hydroxyl groups is 2.